The molecule has 1 N–H and O–H groups in total. The highest BCUT2D eigenvalue weighted by Crippen LogP contribution is 2.36. The molecule has 30 heavy (non-hydrogen) atoms. The van der Waals surface area contributed by atoms with Crippen molar-refractivity contribution in [2.24, 2.45) is 0 Å². The monoisotopic (exact) mass is 429 g/mol. The minimum atomic E-state index is -0.216. The summed E-state index contributed by atoms with van der Waals surface area (Å²) in [6, 6.07) is 11.5. The van der Waals surface area contributed by atoms with Gasteiger partial charge in [0.2, 0.25) is 5.91 Å². The van der Waals surface area contributed by atoms with Crippen LogP contribution in [-0.2, 0) is 4.79 Å². The summed E-state index contributed by atoms with van der Waals surface area (Å²) in [5, 5.41) is 3.32. The lowest BCUT2D eigenvalue weighted by atomic mass is 10.2. The summed E-state index contributed by atoms with van der Waals surface area (Å²) in [6.07, 6.45) is 3.17. The molecule has 1 heterocycles. The molecular weight excluding hydrogens is 402 g/mol. The molecule has 0 aliphatic carbocycles. The fourth-order valence-corrected chi connectivity index (χ4v) is 3.62. The van der Waals surface area contributed by atoms with Crippen LogP contribution in [0.2, 0.25) is 5.02 Å². The molecule has 1 aliphatic heterocycles. The third-order valence-corrected chi connectivity index (χ3v) is 5.25. The van der Waals surface area contributed by atoms with Gasteiger partial charge in [-0.25, -0.2) is 0 Å². The number of halogens is 1. The lowest BCUT2D eigenvalue weighted by molar-refractivity contribution is -0.111. The number of hydrogen-bond donors (Lipinski definition) is 1. The van der Waals surface area contributed by atoms with Crippen LogP contribution in [0.5, 0.6) is 11.5 Å². The van der Waals surface area contributed by atoms with Gasteiger partial charge in [-0.2, -0.15) is 0 Å². The smallest absolute Gasteiger partial charge is 0.248 e. The Kier molecular flexibility index (Phi) is 7.60. The highest BCUT2D eigenvalue weighted by Gasteiger charge is 2.14. The predicted molar refractivity (Wildman–Crippen MR) is 123 cm³/mol. The van der Waals surface area contributed by atoms with Gasteiger partial charge in [-0.3, -0.25) is 4.79 Å². The van der Waals surface area contributed by atoms with E-state index in [1.54, 1.807) is 25.3 Å². The van der Waals surface area contributed by atoms with E-state index in [4.69, 9.17) is 21.1 Å². The van der Waals surface area contributed by atoms with Crippen molar-refractivity contribution in [2.75, 3.05) is 57.2 Å². The largest absolute Gasteiger partial charge is 0.491 e. The summed E-state index contributed by atoms with van der Waals surface area (Å²) in [6.45, 7) is 6.52. The maximum absolute atomic E-state index is 12.3. The Balaban J connectivity index is 1.62. The molecule has 1 saturated heterocycles. The summed E-state index contributed by atoms with van der Waals surface area (Å²) in [4.78, 5) is 17.0. The molecule has 0 atom stereocenters. The van der Waals surface area contributed by atoms with Crippen LogP contribution in [0.25, 0.3) is 6.08 Å². The van der Waals surface area contributed by atoms with E-state index in [-0.39, 0.29) is 5.91 Å². The first-order chi connectivity index (χ1) is 14.5. The molecule has 1 aliphatic rings. The number of nitrogens with one attached hydrogen (secondary N) is 1. The van der Waals surface area contributed by atoms with E-state index in [1.165, 1.54) is 11.8 Å². The summed E-state index contributed by atoms with van der Waals surface area (Å²) in [5.74, 6) is 0.819. The van der Waals surface area contributed by atoms with E-state index in [1.807, 2.05) is 31.2 Å². The van der Waals surface area contributed by atoms with Crippen molar-refractivity contribution >= 4 is 35.0 Å². The Morgan fingerprint density at radius 3 is 2.50 bits per heavy atom. The van der Waals surface area contributed by atoms with Gasteiger partial charge in [0.15, 0.2) is 11.5 Å². The lowest BCUT2D eigenvalue weighted by Crippen LogP contribution is -2.44. The predicted octanol–water partition coefficient (Wildman–Crippen LogP) is 4.15. The standard InChI is InChI=1S/C23H28ClN3O3/c1-4-30-21-16-17(15-20(24)23(21)29-3)5-10-22(28)25-18-6-8-19(9-7-18)27-13-11-26(2)12-14-27/h5-10,15-16H,4,11-14H2,1-3H3,(H,25,28)/b10-5+. The third kappa shape index (κ3) is 5.68. The van der Waals surface area contributed by atoms with Crippen molar-refractivity contribution in [3.8, 4) is 11.5 Å². The summed E-state index contributed by atoms with van der Waals surface area (Å²) < 4.78 is 10.8. The van der Waals surface area contributed by atoms with Crippen LogP contribution >= 0.6 is 11.6 Å². The number of carbonyl (C=O) groups is 1. The second kappa shape index (κ2) is 10.4. The summed E-state index contributed by atoms with van der Waals surface area (Å²) in [5.41, 5.74) is 2.68. The van der Waals surface area contributed by atoms with Crippen molar-refractivity contribution in [1.82, 2.24) is 4.90 Å². The SMILES string of the molecule is CCOc1cc(/C=C/C(=O)Nc2ccc(N3CCN(C)CC3)cc2)cc(Cl)c1OC. The third-order valence-electron chi connectivity index (χ3n) is 4.97. The van der Waals surface area contributed by atoms with Gasteiger partial charge in [0.05, 0.1) is 18.7 Å². The molecule has 0 bridgehead atoms. The molecule has 3 rings (SSSR count). The normalized spacial score (nSPS) is 14.7. The number of piperazine rings is 1. The zero-order valence-electron chi connectivity index (χ0n) is 17.7. The quantitative estimate of drug-likeness (QED) is 0.670. The minimum Gasteiger partial charge on any atom is -0.491 e. The lowest BCUT2D eigenvalue weighted by Gasteiger charge is -2.34. The molecular formula is C23H28ClN3O3. The molecule has 160 valence electrons. The Morgan fingerprint density at radius 2 is 1.87 bits per heavy atom. The average molecular weight is 430 g/mol. The summed E-state index contributed by atoms with van der Waals surface area (Å²) in [7, 11) is 3.68. The van der Waals surface area contributed by atoms with Gasteiger partial charge in [-0.15, -0.1) is 0 Å². The summed E-state index contributed by atoms with van der Waals surface area (Å²) >= 11 is 6.26. The molecule has 6 nitrogen and oxygen atoms in total. The van der Waals surface area contributed by atoms with Crippen LogP contribution in [0.1, 0.15) is 12.5 Å². The van der Waals surface area contributed by atoms with E-state index in [0.717, 1.165) is 37.4 Å². The first-order valence-corrected chi connectivity index (χ1v) is 10.4. The van der Waals surface area contributed by atoms with Crippen LogP contribution in [0.3, 0.4) is 0 Å². The van der Waals surface area contributed by atoms with Crippen molar-refractivity contribution < 1.29 is 14.3 Å². The number of anilines is 2. The van der Waals surface area contributed by atoms with E-state index in [2.05, 4.69) is 22.2 Å². The molecule has 2 aromatic carbocycles. The number of ether oxygens (including phenoxy) is 2. The highest BCUT2D eigenvalue weighted by atomic mass is 35.5. The molecule has 2 aromatic rings. The topological polar surface area (TPSA) is 54.0 Å². The first-order valence-electron chi connectivity index (χ1n) is 10.0. The molecule has 0 radical (unpaired) electrons. The van der Waals surface area contributed by atoms with Gasteiger partial charge in [0.25, 0.3) is 0 Å². The van der Waals surface area contributed by atoms with E-state index >= 15 is 0 Å². The number of benzene rings is 2. The number of hydrogen-bond acceptors (Lipinski definition) is 5. The average Bonchev–Trinajstić information content (AvgIpc) is 2.74. The molecule has 0 spiro atoms. The number of nitrogens with zero attached hydrogens (tertiary/aromatic N) is 2. The van der Waals surface area contributed by atoms with Crippen LogP contribution in [0.4, 0.5) is 11.4 Å². The van der Waals surface area contributed by atoms with Crippen LogP contribution in [0.15, 0.2) is 42.5 Å². The number of methoxy groups -OCH3 is 1. The molecule has 0 unspecified atom stereocenters. The maximum atomic E-state index is 12.3. The second-order valence-corrected chi connectivity index (χ2v) is 7.53. The first kappa shape index (κ1) is 22.0. The Hall–Kier alpha value is -2.70. The van der Waals surface area contributed by atoms with Crippen LogP contribution in [-0.4, -0.2) is 57.8 Å². The van der Waals surface area contributed by atoms with Crippen LogP contribution < -0.4 is 19.7 Å². The number of amides is 1. The van der Waals surface area contributed by atoms with Crippen molar-refractivity contribution in [3.63, 3.8) is 0 Å². The van der Waals surface area contributed by atoms with E-state index in [9.17, 15) is 4.79 Å². The van der Waals surface area contributed by atoms with Crippen molar-refractivity contribution in [3.05, 3.63) is 53.1 Å². The minimum absolute atomic E-state index is 0.216. The highest BCUT2D eigenvalue weighted by molar-refractivity contribution is 6.32. The Morgan fingerprint density at radius 1 is 1.17 bits per heavy atom. The van der Waals surface area contributed by atoms with Gasteiger partial charge >= 0.3 is 0 Å². The van der Waals surface area contributed by atoms with Crippen LogP contribution in [0, 0.1) is 0 Å². The molecule has 0 aromatic heterocycles. The zero-order chi connectivity index (χ0) is 21.5. The molecule has 1 fully saturated rings. The van der Waals surface area contributed by atoms with E-state index < -0.39 is 0 Å². The van der Waals surface area contributed by atoms with Crippen molar-refractivity contribution in [1.29, 1.82) is 0 Å². The van der Waals surface area contributed by atoms with Gasteiger partial charge in [0, 0.05) is 43.6 Å². The Labute approximate surface area is 183 Å². The van der Waals surface area contributed by atoms with Gasteiger partial charge < -0.3 is 24.6 Å². The van der Waals surface area contributed by atoms with Gasteiger partial charge in [-0.1, -0.05) is 11.6 Å². The molecule has 7 heteroatoms. The fourth-order valence-electron chi connectivity index (χ4n) is 3.32. The second-order valence-electron chi connectivity index (χ2n) is 7.13. The zero-order valence-corrected chi connectivity index (χ0v) is 18.4. The molecule has 0 saturated carbocycles. The molecule has 1 amide bonds. The number of carbonyl (C=O) groups excluding carboxylic acids is 1. The number of rotatable bonds is 7. The fraction of sp³-hybridized carbons (Fsp3) is 0.348. The Bertz CT molecular complexity index is 891. The van der Waals surface area contributed by atoms with E-state index in [0.29, 0.717) is 23.1 Å². The maximum Gasteiger partial charge on any atom is 0.248 e. The van der Waals surface area contributed by atoms with Gasteiger partial charge in [-0.05, 0) is 62.0 Å². The van der Waals surface area contributed by atoms with Gasteiger partial charge in [0.1, 0.15) is 0 Å². The number of likely N-dealkylation sites (N-methyl/N-ethyl adjacent to an activating group) is 1. The van der Waals surface area contributed by atoms with Crippen molar-refractivity contribution in [2.45, 2.75) is 6.92 Å².